The highest BCUT2D eigenvalue weighted by molar-refractivity contribution is 5.97. The van der Waals surface area contributed by atoms with Crippen molar-refractivity contribution in [2.75, 3.05) is 34.0 Å². The molecule has 0 atom stereocenters. The van der Waals surface area contributed by atoms with Gasteiger partial charge in [-0.05, 0) is 55.8 Å². The summed E-state index contributed by atoms with van der Waals surface area (Å²) in [4.78, 5) is 24.2. The fourth-order valence-corrected chi connectivity index (χ4v) is 2.61. The van der Waals surface area contributed by atoms with E-state index in [2.05, 4.69) is 15.8 Å². The van der Waals surface area contributed by atoms with Crippen molar-refractivity contribution in [2.45, 2.75) is 13.8 Å². The van der Waals surface area contributed by atoms with Gasteiger partial charge in [-0.1, -0.05) is 0 Å². The van der Waals surface area contributed by atoms with Crippen molar-refractivity contribution in [3.63, 3.8) is 0 Å². The second-order valence-electron chi connectivity index (χ2n) is 6.12. The summed E-state index contributed by atoms with van der Waals surface area (Å²) in [6.07, 6.45) is 1.48. The Bertz CT molecular complexity index is 929. The molecule has 0 radical (unpaired) electrons. The smallest absolute Gasteiger partial charge is 0.259 e. The van der Waals surface area contributed by atoms with Gasteiger partial charge in [0, 0.05) is 5.56 Å². The van der Waals surface area contributed by atoms with Crippen LogP contribution in [0.1, 0.15) is 29.8 Å². The summed E-state index contributed by atoms with van der Waals surface area (Å²) in [5, 5.41) is 6.44. The maximum Gasteiger partial charge on any atom is 0.259 e. The maximum absolute atomic E-state index is 12.2. The summed E-state index contributed by atoms with van der Waals surface area (Å²) in [6.45, 7) is 4.56. The minimum atomic E-state index is -0.471. The van der Waals surface area contributed by atoms with Gasteiger partial charge in [-0.25, -0.2) is 5.43 Å². The Kier molecular flexibility index (Phi) is 9.15. The van der Waals surface area contributed by atoms with Crippen molar-refractivity contribution in [1.82, 2.24) is 10.7 Å². The van der Waals surface area contributed by atoms with Crippen molar-refractivity contribution in [1.29, 1.82) is 0 Å². The molecule has 0 aromatic heterocycles. The van der Waals surface area contributed by atoms with Crippen LogP contribution in [0.3, 0.4) is 0 Å². The standard InChI is InChI=1S/C22H27N3O6/c1-5-30-18-9-7-15(11-20(18)31-6-2)13-24-25-21(26)14-23-22(27)16-8-10-17(28-3)19(12-16)29-4/h7-13H,5-6,14H2,1-4H3,(H,23,27)(H,25,26). The van der Waals surface area contributed by atoms with Gasteiger partial charge in [-0.15, -0.1) is 0 Å². The molecule has 0 spiro atoms. The van der Waals surface area contributed by atoms with Crippen LogP contribution in [0.25, 0.3) is 0 Å². The molecule has 0 saturated carbocycles. The van der Waals surface area contributed by atoms with Crippen molar-refractivity contribution >= 4 is 18.0 Å². The fraction of sp³-hybridized carbons (Fsp3) is 0.318. The number of benzene rings is 2. The van der Waals surface area contributed by atoms with Gasteiger partial charge in [0.25, 0.3) is 11.8 Å². The number of amides is 2. The first-order chi connectivity index (χ1) is 15.0. The lowest BCUT2D eigenvalue weighted by Crippen LogP contribution is -2.34. The third kappa shape index (κ3) is 6.91. The Morgan fingerprint density at radius 1 is 0.903 bits per heavy atom. The third-order valence-electron chi connectivity index (χ3n) is 4.03. The summed E-state index contributed by atoms with van der Waals surface area (Å²) in [7, 11) is 2.99. The highest BCUT2D eigenvalue weighted by Gasteiger charge is 2.12. The lowest BCUT2D eigenvalue weighted by Gasteiger charge is -2.11. The third-order valence-corrected chi connectivity index (χ3v) is 4.03. The largest absolute Gasteiger partial charge is 0.493 e. The zero-order chi connectivity index (χ0) is 22.6. The molecule has 0 fully saturated rings. The first-order valence-electron chi connectivity index (χ1n) is 9.74. The average Bonchev–Trinajstić information content (AvgIpc) is 2.78. The zero-order valence-corrected chi connectivity index (χ0v) is 18.1. The molecule has 2 aromatic carbocycles. The molecule has 2 N–H and O–H groups in total. The van der Waals surface area contributed by atoms with Gasteiger partial charge in [-0.2, -0.15) is 5.10 Å². The van der Waals surface area contributed by atoms with E-state index in [1.807, 2.05) is 13.8 Å². The Hall–Kier alpha value is -3.75. The van der Waals surface area contributed by atoms with Crippen LogP contribution >= 0.6 is 0 Å². The number of hydrazone groups is 1. The number of ether oxygens (including phenoxy) is 4. The van der Waals surface area contributed by atoms with Crippen LogP contribution in [0.2, 0.25) is 0 Å². The van der Waals surface area contributed by atoms with Crippen molar-refractivity contribution in [3.05, 3.63) is 47.5 Å². The molecule has 0 heterocycles. The highest BCUT2D eigenvalue weighted by atomic mass is 16.5. The number of hydrogen-bond acceptors (Lipinski definition) is 7. The lowest BCUT2D eigenvalue weighted by atomic mass is 10.2. The van der Waals surface area contributed by atoms with Gasteiger partial charge >= 0.3 is 0 Å². The molecule has 9 heteroatoms. The van der Waals surface area contributed by atoms with Crippen molar-refractivity contribution in [2.24, 2.45) is 5.10 Å². The van der Waals surface area contributed by atoms with E-state index in [0.717, 1.165) is 5.56 Å². The predicted octanol–water partition coefficient (Wildman–Crippen LogP) is 2.38. The molecule has 0 unspecified atom stereocenters. The molecular formula is C22H27N3O6. The van der Waals surface area contributed by atoms with E-state index < -0.39 is 11.8 Å². The zero-order valence-electron chi connectivity index (χ0n) is 18.1. The second-order valence-corrected chi connectivity index (χ2v) is 6.12. The van der Waals surface area contributed by atoms with E-state index >= 15 is 0 Å². The van der Waals surface area contributed by atoms with Gasteiger partial charge in [0.2, 0.25) is 0 Å². The number of carbonyl (C=O) groups excluding carboxylic acids is 2. The normalized spacial score (nSPS) is 10.5. The van der Waals surface area contributed by atoms with E-state index in [9.17, 15) is 9.59 Å². The van der Waals surface area contributed by atoms with E-state index in [1.165, 1.54) is 26.5 Å². The van der Waals surface area contributed by atoms with Crippen LogP contribution in [-0.2, 0) is 4.79 Å². The molecule has 9 nitrogen and oxygen atoms in total. The van der Waals surface area contributed by atoms with Crippen molar-refractivity contribution in [3.8, 4) is 23.0 Å². The van der Waals surface area contributed by atoms with Gasteiger partial charge in [0.15, 0.2) is 23.0 Å². The number of carbonyl (C=O) groups is 2. The summed E-state index contributed by atoms with van der Waals surface area (Å²) < 4.78 is 21.4. The summed E-state index contributed by atoms with van der Waals surface area (Å²) in [5.41, 5.74) is 3.43. The molecular weight excluding hydrogens is 402 g/mol. The Morgan fingerprint density at radius 3 is 2.26 bits per heavy atom. The summed E-state index contributed by atoms with van der Waals surface area (Å²) in [6, 6.07) is 10.1. The fourth-order valence-electron chi connectivity index (χ4n) is 2.61. The monoisotopic (exact) mass is 429 g/mol. The Morgan fingerprint density at radius 2 is 1.58 bits per heavy atom. The Labute approximate surface area is 181 Å². The van der Waals surface area contributed by atoms with E-state index in [-0.39, 0.29) is 6.54 Å². The van der Waals surface area contributed by atoms with Crippen LogP contribution in [0.5, 0.6) is 23.0 Å². The molecule has 2 rings (SSSR count). The number of nitrogens with zero attached hydrogens (tertiary/aromatic N) is 1. The first-order valence-corrected chi connectivity index (χ1v) is 9.74. The van der Waals surface area contributed by atoms with Gasteiger partial charge in [0.1, 0.15) is 0 Å². The van der Waals surface area contributed by atoms with Crippen LogP contribution in [0, 0.1) is 0 Å². The topological polar surface area (TPSA) is 107 Å². The van der Waals surface area contributed by atoms with E-state index in [0.29, 0.717) is 41.8 Å². The molecule has 0 aliphatic heterocycles. The predicted molar refractivity (Wildman–Crippen MR) is 116 cm³/mol. The highest BCUT2D eigenvalue weighted by Crippen LogP contribution is 2.28. The average molecular weight is 429 g/mol. The summed E-state index contributed by atoms with van der Waals surface area (Å²) >= 11 is 0. The molecule has 0 bridgehead atoms. The first kappa shape index (κ1) is 23.5. The van der Waals surface area contributed by atoms with Crippen LogP contribution in [-0.4, -0.2) is 52.0 Å². The quantitative estimate of drug-likeness (QED) is 0.420. The van der Waals surface area contributed by atoms with Crippen LogP contribution in [0.15, 0.2) is 41.5 Å². The van der Waals surface area contributed by atoms with Crippen molar-refractivity contribution < 1.29 is 28.5 Å². The molecule has 31 heavy (non-hydrogen) atoms. The van der Waals surface area contributed by atoms with Gasteiger partial charge < -0.3 is 24.3 Å². The molecule has 0 saturated heterocycles. The number of hydrogen-bond donors (Lipinski definition) is 2. The van der Waals surface area contributed by atoms with Gasteiger partial charge in [0.05, 0.1) is 40.2 Å². The molecule has 166 valence electrons. The molecule has 2 amide bonds. The van der Waals surface area contributed by atoms with Crippen LogP contribution < -0.4 is 29.7 Å². The molecule has 0 aliphatic carbocycles. The maximum atomic E-state index is 12.2. The van der Waals surface area contributed by atoms with Crippen LogP contribution in [0.4, 0.5) is 0 Å². The number of rotatable bonds is 11. The second kappa shape index (κ2) is 12.1. The Balaban J connectivity index is 1.89. The molecule has 0 aliphatic rings. The van der Waals surface area contributed by atoms with E-state index in [1.54, 1.807) is 30.3 Å². The SMILES string of the molecule is CCOc1ccc(C=NNC(=O)CNC(=O)c2ccc(OC)c(OC)c2)cc1OCC. The molecule has 2 aromatic rings. The summed E-state index contributed by atoms with van der Waals surface area (Å²) in [5.74, 6) is 1.28. The van der Waals surface area contributed by atoms with Gasteiger partial charge in [-0.3, -0.25) is 9.59 Å². The lowest BCUT2D eigenvalue weighted by molar-refractivity contribution is -0.120. The minimum absolute atomic E-state index is 0.238. The minimum Gasteiger partial charge on any atom is -0.493 e. The number of nitrogens with one attached hydrogen (secondary N) is 2. The number of methoxy groups -OCH3 is 2. The van der Waals surface area contributed by atoms with E-state index in [4.69, 9.17) is 18.9 Å².